The van der Waals surface area contributed by atoms with Crippen LogP contribution in [0.1, 0.15) is 5.56 Å². The number of amides is 1. The average Bonchev–Trinajstić information content (AvgIpc) is 2.77. The van der Waals surface area contributed by atoms with Gasteiger partial charge in [0.05, 0.1) is 23.5 Å². The molecule has 0 atom stereocenters. The molecule has 0 fully saturated rings. The first-order valence-electron chi connectivity index (χ1n) is 6.25. The third kappa shape index (κ3) is 4.08. The molecule has 2 rings (SSSR count). The fourth-order valence-corrected chi connectivity index (χ4v) is 2.10. The van der Waals surface area contributed by atoms with Crippen molar-refractivity contribution in [1.29, 1.82) is 0 Å². The SMILES string of the molecule is CN(CC(=O)Nc1ccccc1Cl)Cc1cnn(C)c1. The molecule has 1 amide bonds. The molecule has 1 aromatic carbocycles. The van der Waals surface area contributed by atoms with E-state index in [0.29, 0.717) is 23.8 Å². The number of anilines is 1. The van der Waals surface area contributed by atoms with Gasteiger partial charge in [0.25, 0.3) is 0 Å². The van der Waals surface area contributed by atoms with E-state index < -0.39 is 0 Å². The van der Waals surface area contributed by atoms with E-state index in [4.69, 9.17) is 11.6 Å². The van der Waals surface area contributed by atoms with Gasteiger partial charge >= 0.3 is 0 Å². The number of halogens is 1. The number of likely N-dealkylation sites (N-methyl/N-ethyl adjacent to an activating group) is 1. The summed E-state index contributed by atoms with van der Waals surface area (Å²) in [5.74, 6) is -0.0931. The maximum absolute atomic E-state index is 11.9. The number of nitrogens with one attached hydrogen (secondary N) is 1. The Balaban J connectivity index is 1.86. The van der Waals surface area contributed by atoms with Crippen molar-refractivity contribution in [2.75, 3.05) is 18.9 Å². The van der Waals surface area contributed by atoms with E-state index in [0.717, 1.165) is 5.56 Å². The number of nitrogens with zero attached hydrogens (tertiary/aromatic N) is 3. The molecular formula is C14H17ClN4O. The molecule has 1 N–H and O–H groups in total. The van der Waals surface area contributed by atoms with E-state index in [-0.39, 0.29) is 5.91 Å². The Hall–Kier alpha value is -1.85. The predicted octanol–water partition coefficient (Wildman–Crippen LogP) is 2.14. The monoisotopic (exact) mass is 292 g/mol. The number of hydrogen-bond acceptors (Lipinski definition) is 3. The number of benzene rings is 1. The normalized spacial score (nSPS) is 10.8. The molecule has 20 heavy (non-hydrogen) atoms. The summed E-state index contributed by atoms with van der Waals surface area (Å²) in [7, 11) is 3.76. The van der Waals surface area contributed by atoms with Gasteiger partial charge < -0.3 is 5.32 Å². The maximum atomic E-state index is 11.9. The Kier molecular flexibility index (Phi) is 4.76. The second kappa shape index (κ2) is 6.54. The first kappa shape index (κ1) is 14.6. The molecular weight excluding hydrogens is 276 g/mol. The van der Waals surface area contributed by atoms with Crippen LogP contribution in [0.3, 0.4) is 0 Å². The largest absolute Gasteiger partial charge is 0.324 e. The Labute approximate surface area is 123 Å². The van der Waals surface area contributed by atoms with Crippen LogP contribution >= 0.6 is 11.6 Å². The van der Waals surface area contributed by atoms with E-state index in [1.165, 1.54) is 0 Å². The van der Waals surface area contributed by atoms with Crippen molar-refractivity contribution < 1.29 is 4.79 Å². The summed E-state index contributed by atoms with van der Waals surface area (Å²) in [6, 6.07) is 7.19. The smallest absolute Gasteiger partial charge is 0.238 e. The first-order chi connectivity index (χ1) is 9.54. The van der Waals surface area contributed by atoms with E-state index in [1.807, 2.05) is 37.3 Å². The van der Waals surface area contributed by atoms with Crippen LogP contribution in [-0.2, 0) is 18.4 Å². The molecule has 0 aliphatic rings. The number of rotatable bonds is 5. The quantitative estimate of drug-likeness (QED) is 0.918. The molecule has 0 aliphatic carbocycles. The van der Waals surface area contributed by atoms with Gasteiger partial charge in [-0.1, -0.05) is 23.7 Å². The minimum absolute atomic E-state index is 0.0931. The van der Waals surface area contributed by atoms with Gasteiger partial charge in [0.2, 0.25) is 5.91 Å². The van der Waals surface area contributed by atoms with Gasteiger partial charge in [-0.3, -0.25) is 14.4 Å². The van der Waals surface area contributed by atoms with E-state index in [2.05, 4.69) is 10.4 Å². The maximum Gasteiger partial charge on any atom is 0.238 e. The second-order valence-electron chi connectivity index (χ2n) is 4.72. The molecule has 0 bridgehead atoms. The van der Waals surface area contributed by atoms with Crippen LogP contribution in [0.5, 0.6) is 0 Å². The minimum atomic E-state index is -0.0931. The van der Waals surface area contributed by atoms with Gasteiger partial charge in [-0.05, 0) is 19.2 Å². The van der Waals surface area contributed by atoms with Crippen molar-refractivity contribution in [1.82, 2.24) is 14.7 Å². The van der Waals surface area contributed by atoms with Crippen molar-refractivity contribution in [3.63, 3.8) is 0 Å². The molecule has 0 radical (unpaired) electrons. The summed E-state index contributed by atoms with van der Waals surface area (Å²) >= 11 is 6.00. The highest BCUT2D eigenvalue weighted by Gasteiger charge is 2.09. The van der Waals surface area contributed by atoms with Crippen molar-refractivity contribution in [3.8, 4) is 0 Å². The fourth-order valence-electron chi connectivity index (χ4n) is 1.92. The van der Waals surface area contributed by atoms with Crippen molar-refractivity contribution in [3.05, 3.63) is 47.2 Å². The van der Waals surface area contributed by atoms with E-state index in [9.17, 15) is 4.79 Å². The Morgan fingerprint density at radius 1 is 1.45 bits per heavy atom. The van der Waals surface area contributed by atoms with Crippen LogP contribution in [0.2, 0.25) is 5.02 Å². The summed E-state index contributed by atoms with van der Waals surface area (Å²) in [5, 5.41) is 7.44. The number of carbonyl (C=O) groups excluding carboxylic acids is 1. The molecule has 0 saturated heterocycles. The highest BCUT2D eigenvalue weighted by Crippen LogP contribution is 2.20. The lowest BCUT2D eigenvalue weighted by Crippen LogP contribution is -2.29. The van der Waals surface area contributed by atoms with Crippen LogP contribution in [-0.4, -0.2) is 34.2 Å². The number of aryl methyl sites for hydroxylation is 1. The zero-order valence-corrected chi connectivity index (χ0v) is 12.3. The lowest BCUT2D eigenvalue weighted by Gasteiger charge is -2.15. The molecule has 106 valence electrons. The summed E-state index contributed by atoms with van der Waals surface area (Å²) < 4.78 is 1.74. The summed E-state index contributed by atoms with van der Waals surface area (Å²) in [4.78, 5) is 13.9. The van der Waals surface area contributed by atoms with Gasteiger partial charge in [0.15, 0.2) is 0 Å². The van der Waals surface area contributed by atoms with Crippen LogP contribution in [0.25, 0.3) is 0 Å². The van der Waals surface area contributed by atoms with Gasteiger partial charge in [-0.15, -0.1) is 0 Å². The molecule has 2 aromatic rings. The summed E-state index contributed by atoms with van der Waals surface area (Å²) in [6.45, 7) is 0.962. The summed E-state index contributed by atoms with van der Waals surface area (Å²) in [6.07, 6.45) is 3.73. The second-order valence-corrected chi connectivity index (χ2v) is 5.13. The average molecular weight is 293 g/mol. The van der Waals surface area contributed by atoms with Crippen LogP contribution in [0.4, 0.5) is 5.69 Å². The summed E-state index contributed by atoms with van der Waals surface area (Å²) in [5.41, 5.74) is 1.70. The predicted molar refractivity (Wildman–Crippen MR) is 79.6 cm³/mol. The molecule has 0 saturated carbocycles. The minimum Gasteiger partial charge on any atom is -0.324 e. The van der Waals surface area contributed by atoms with E-state index >= 15 is 0 Å². The zero-order valence-electron chi connectivity index (χ0n) is 11.5. The third-order valence-corrected chi connectivity index (χ3v) is 3.10. The van der Waals surface area contributed by atoms with Crippen molar-refractivity contribution in [2.45, 2.75) is 6.54 Å². The zero-order chi connectivity index (χ0) is 14.5. The lowest BCUT2D eigenvalue weighted by atomic mass is 10.3. The molecule has 0 spiro atoms. The number of para-hydroxylation sites is 1. The van der Waals surface area contributed by atoms with Gasteiger partial charge in [-0.25, -0.2) is 0 Å². The Morgan fingerprint density at radius 2 is 2.20 bits per heavy atom. The highest BCUT2D eigenvalue weighted by atomic mass is 35.5. The van der Waals surface area contributed by atoms with Crippen LogP contribution < -0.4 is 5.32 Å². The number of hydrogen-bond donors (Lipinski definition) is 1. The first-order valence-corrected chi connectivity index (χ1v) is 6.63. The van der Waals surface area contributed by atoms with E-state index in [1.54, 1.807) is 23.0 Å². The van der Waals surface area contributed by atoms with Crippen LogP contribution in [0, 0.1) is 0 Å². The van der Waals surface area contributed by atoms with Crippen molar-refractivity contribution in [2.24, 2.45) is 7.05 Å². The number of carbonyl (C=O) groups is 1. The Bertz CT molecular complexity index is 596. The van der Waals surface area contributed by atoms with Gasteiger partial charge in [0.1, 0.15) is 0 Å². The molecule has 0 unspecified atom stereocenters. The Morgan fingerprint density at radius 3 is 2.85 bits per heavy atom. The molecule has 6 heteroatoms. The molecule has 1 heterocycles. The van der Waals surface area contributed by atoms with Crippen molar-refractivity contribution >= 4 is 23.2 Å². The molecule has 0 aliphatic heterocycles. The van der Waals surface area contributed by atoms with Crippen LogP contribution in [0.15, 0.2) is 36.7 Å². The lowest BCUT2D eigenvalue weighted by molar-refractivity contribution is -0.117. The fraction of sp³-hybridized carbons (Fsp3) is 0.286. The molecule has 1 aromatic heterocycles. The standard InChI is InChI=1S/C14H17ClN4O/c1-18(8-11-7-16-19(2)9-11)10-14(20)17-13-6-4-3-5-12(13)15/h3-7,9H,8,10H2,1-2H3,(H,17,20). The molecule has 5 nitrogen and oxygen atoms in total. The van der Waals surface area contributed by atoms with Gasteiger partial charge in [-0.2, -0.15) is 5.10 Å². The van der Waals surface area contributed by atoms with Gasteiger partial charge in [0, 0.05) is 25.4 Å². The number of aromatic nitrogens is 2. The third-order valence-electron chi connectivity index (χ3n) is 2.77. The highest BCUT2D eigenvalue weighted by molar-refractivity contribution is 6.33. The topological polar surface area (TPSA) is 50.2 Å².